The first-order valence-electron chi connectivity index (χ1n) is 5.67. The Hall–Kier alpha value is -1.80. The molecule has 0 N–H and O–H groups in total. The van der Waals surface area contributed by atoms with Gasteiger partial charge >= 0.3 is 0 Å². The number of hydrogen-bond acceptors (Lipinski definition) is 5. The van der Waals surface area contributed by atoms with Crippen LogP contribution in [0.1, 0.15) is 18.6 Å². The summed E-state index contributed by atoms with van der Waals surface area (Å²) in [5.41, 5.74) is 0. The topological polar surface area (TPSA) is 62.7 Å². The van der Waals surface area contributed by atoms with Crippen molar-refractivity contribution < 1.29 is 4.52 Å². The van der Waals surface area contributed by atoms with E-state index in [0.717, 1.165) is 0 Å². The van der Waals surface area contributed by atoms with E-state index in [0.29, 0.717) is 23.9 Å². The molecule has 0 saturated heterocycles. The highest BCUT2D eigenvalue weighted by atomic mass is 32.2. The van der Waals surface area contributed by atoms with Crippen LogP contribution in [-0.2, 0) is 12.2 Å². The number of thioether (sulfide) groups is 1. The molecule has 0 spiro atoms. The van der Waals surface area contributed by atoms with Crippen molar-refractivity contribution in [3.63, 3.8) is 0 Å². The molecule has 0 amide bonds. The molecule has 5 heteroatoms. The third-order valence-electron chi connectivity index (χ3n) is 2.32. The zero-order valence-corrected chi connectivity index (χ0v) is 10.9. The van der Waals surface area contributed by atoms with Crippen molar-refractivity contribution in [1.29, 1.82) is 5.26 Å². The van der Waals surface area contributed by atoms with Gasteiger partial charge in [-0.2, -0.15) is 10.2 Å². The van der Waals surface area contributed by atoms with Gasteiger partial charge in [0.25, 0.3) is 0 Å². The second-order valence-corrected chi connectivity index (χ2v) is 4.99. The van der Waals surface area contributed by atoms with Gasteiger partial charge in [-0.3, -0.25) is 0 Å². The lowest BCUT2D eigenvalue weighted by atomic mass is 10.1. The van der Waals surface area contributed by atoms with E-state index in [4.69, 9.17) is 9.78 Å². The standard InChI is InChI=1S/C13H13N3OS/c1-10(8-14)7-13-15-12(16-17-13)9-18-11-5-3-2-4-6-11/h2-6,10H,7,9H2,1H3. The molecule has 1 atom stereocenters. The highest BCUT2D eigenvalue weighted by molar-refractivity contribution is 7.98. The largest absolute Gasteiger partial charge is 0.339 e. The zero-order valence-electron chi connectivity index (χ0n) is 10.0. The van der Waals surface area contributed by atoms with E-state index in [2.05, 4.69) is 16.2 Å². The van der Waals surface area contributed by atoms with Crippen LogP contribution in [0.15, 0.2) is 39.8 Å². The fraction of sp³-hybridized carbons (Fsp3) is 0.308. The fourth-order valence-electron chi connectivity index (χ4n) is 1.40. The number of benzene rings is 1. The van der Waals surface area contributed by atoms with Crippen LogP contribution in [0.3, 0.4) is 0 Å². The molecule has 1 aromatic heterocycles. The third kappa shape index (κ3) is 3.60. The van der Waals surface area contributed by atoms with Crippen LogP contribution in [0.2, 0.25) is 0 Å². The van der Waals surface area contributed by atoms with Gasteiger partial charge in [-0.05, 0) is 19.1 Å². The summed E-state index contributed by atoms with van der Waals surface area (Å²) in [6.45, 7) is 1.84. The van der Waals surface area contributed by atoms with Crippen LogP contribution in [0, 0.1) is 17.2 Å². The van der Waals surface area contributed by atoms with Crippen LogP contribution < -0.4 is 0 Å². The minimum absolute atomic E-state index is 0.0972. The fourth-order valence-corrected chi connectivity index (χ4v) is 2.17. The maximum absolute atomic E-state index is 8.71. The molecule has 1 unspecified atom stereocenters. The van der Waals surface area contributed by atoms with E-state index in [9.17, 15) is 0 Å². The van der Waals surface area contributed by atoms with Gasteiger partial charge in [-0.25, -0.2) is 0 Å². The van der Waals surface area contributed by atoms with Gasteiger partial charge in [0.2, 0.25) is 5.89 Å². The molecule has 0 aliphatic rings. The van der Waals surface area contributed by atoms with E-state index < -0.39 is 0 Å². The molecule has 2 rings (SSSR count). The Morgan fingerprint density at radius 3 is 2.89 bits per heavy atom. The lowest BCUT2D eigenvalue weighted by Crippen LogP contribution is -1.96. The molecule has 0 radical (unpaired) electrons. The Morgan fingerprint density at radius 1 is 1.39 bits per heavy atom. The van der Waals surface area contributed by atoms with Crippen LogP contribution >= 0.6 is 11.8 Å². The second kappa shape index (κ2) is 6.22. The van der Waals surface area contributed by atoms with Gasteiger partial charge in [-0.1, -0.05) is 23.4 Å². The SMILES string of the molecule is CC(C#N)Cc1nc(CSc2ccccc2)no1. The second-order valence-electron chi connectivity index (χ2n) is 3.94. The van der Waals surface area contributed by atoms with Crippen molar-refractivity contribution in [2.75, 3.05) is 0 Å². The highest BCUT2D eigenvalue weighted by Gasteiger charge is 2.10. The number of nitriles is 1. The first-order chi connectivity index (χ1) is 8.78. The average Bonchev–Trinajstić information content (AvgIpc) is 2.85. The Kier molecular flexibility index (Phi) is 4.37. The predicted molar refractivity (Wildman–Crippen MR) is 68.8 cm³/mol. The molecule has 4 nitrogen and oxygen atoms in total. The highest BCUT2D eigenvalue weighted by Crippen LogP contribution is 2.21. The molecule has 92 valence electrons. The summed E-state index contributed by atoms with van der Waals surface area (Å²) in [6, 6.07) is 12.2. The molecule has 0 bridgehead atoms. The molecule has 1 heterocycles. The van der Waals surface area contributed by atoms with E-state index >= 15 is 0 Å². The normalized spacial score (nSPS) is 12.0. The number of rotatable bonds is 5. The van der Waals surface area contributed by atoms with E-state index in [-0.39, 0.29) is 5.92 Å². The molecule has 18 heavy (non-hydrogen) atoms. The summed E-state index contributed by atoms with van der Waals surface area (Å²) in [5, 5.41) is 12.6. The summed E-state index contributed by atoms with van der Waals surface area (Å²) in [6.07, 6.45) is 0.513. The maximum atomic E-state index is 8.71. The van der Waals surface area contributed by atoms with Crippen molar-refractivity contribution in [3.05, 3.63) is 42.0 Å². The lowest BCUT2D eigenvalue weighted by molar-refractivity contribution is 0.366. The quantitative estimate of drug-likeness (QED) is 0.772. The van der Waals surface area contributed by atoms with Gasteiger partial charge in [0, 0.05) is 11.3 Å². The monoisotopic (exact) mass is 259 g/mol. The van der Waals surface area contributed by atoms with Crippen LogP contribution in [0.4, 0.5) is 0 Å². The van der Waals surface area contributed by atoms with Crippen LogP contribution in [0.25, 0.3) is 0 Å². The van der Waals surface area contributed by atoms with Crippen LogP contribution in [0.5, 0.6) is 0 Å². The van der Waals surface area contributed by atoms with Gasteiger partial charge < -0.3 is 4.52 Å². The smallest absolute Gasteiger partial charge is 0.227 e. The summed E-state index contributed by atoms with van der Waals surface area (Å²) >= 11 is 1.66. The molecule has 0 saturated carbocycles. The van der Waals surface area contributed by atoms with Crippen molar-refractivity contribution in [1.82, 2.24) is 10.1 Å². The molecular formula is C13H13N3OS. The summed E-state index contributed by atoms with van der Waals surface area (Å²) < 4.78 is 5.10. The minimum atomic E-state index is -0.0972. The maximum Gasteiger partial charge on any atom is 0.227 e. The lowest BCUT2D eigenvalue weighted by Gasteiger charge is -1.96. The Balaban J connectivity index is 1.89. The van der Waals surface area contributed by atoms with E-state index in [1.807, 2.05) is 37.3 Å². The van der Waals surface area contributed by atoms with Gasteiger partial charge in [0.05, 0.1) is 17.7 Å². The van der Waals surface area contributed by atoms with Crippen molar-refractivity contribution in [3.8, 4) is 6.07 Å². The Morgan fingerprint density at radius 2 is 2.17 bits per heavy atom. The van der Waals surface area contributed by atoms with Gasteiger partial charge in [0.1, 0.15) is 0 Å². The van der Waals surface area contributed by atoms with Crippen molar-refractivity contribution in [2.45, 2.75) is 24.0 Å². The van der Waals surface area contributed by atoms with Crippen LogP contribution in [-0.4, -0.2) is 10.1 Å². The Bertz CT molecular complexity index is 533. The number of aromatic nitrogens is 2. The molecular weight excluding hydrogens is 246 g/mol. The van der Waals surface area contributed by atoms with Gasteiger partial charge in [-0.15, -0.1) is 11.8 Å². The number of hydrogen-bond donors (Lipinski definition) is 0. The molecule has 0 aliphatic carbocycles. The first-order valence-corrected chi connectivity index (χ1v) is 6.65. The average molecular weight is 259 g/mol. The molecule has 1 aromatic carbocycles. The summed E-state index contributed by atoms with van der Waals surface area (Å²) in [4.78, 5) is 5.44. The molecule has 0 fully saturated rings. The molecule has 2 aromatic rings. The van der Waals surface area contributed by atoms with Crippen molar-refractivity contribution >= 4 is 11.8 Å². The minimum Gasteiger partial charge on any atom is -0.339 e. The van der Waals surface area contributed by atoms with Crippen molar-refractivity contribution in [2.24, 2.45) is 5.92 Å². The van der Waals surface area contributed by atoms with E-state index in [1.54, 1.807) is 11.8 Å². The third-order valence-corrected chi connectivity index (χ3v) is 3.33. The Labute approximate surface area is 110 Å². The predicted octanol–water partition coefficient (Wildman–Crippen LogP) is 3.06. The first kappa shape index (κ1) is 12.7. The molecule has 0 aliphatic heterocycles. The zero-order chi connectivity index (χ0) is 12.8. The summed E-state index contributed by atoms with van der Waals surface area (Å²) in [5.74, 6) is 1.78. The van der Waals surface area contributed by atoms with E-state index in [1.165, 1.54) is 4.90 Å². The van der Waals surface area contributed by atoms with Gasteiger partial charge in [0.15, 0.2) is 5.82 Å². The summed E-state index contributed by atoms with van der Waals surface area (Å²) in [7, 11) is 0. The number of nitrogens with zero attached hydrogens (tertiary/aromatic N) is 3.